The van der Waals surface area contributed by atoms with E-state index >= 15 is 0 Å². The molecule has 1 aliphatic heterocycles. The van der Waals surface area contributed by atoms with Gasteiger partial charge in [0.2, 0.25) is 0 Å². The van der Waals surface area contributed by atoms with Crippen molar-refractivity contribution in [3.05, 3.63) is 53.7 Å². The molecule has 8 heteroatoms. The van der Waals surface area contributed by atoms with E-state index in [2.05, 4.69) is 10.3 Å². The van der Waals surface area contributed by atoms with Crippen molar-refractivity contribution in [3.63, 3.8) is 0 Å². The molecule has 0 saturated carbocycles. The monoisotopic (exact) mass is 391 g/mol. The number of carbonyl (C=O) groups excluding carboxylic acids is 1. The molecule has 0 bridgehead atoms. The van der Waals surface area contributed by atoms with Crippen LogP contribution in [0.1, 0.15) is 47.6 Å². The average molecular weight is 391 g/mol. The molecule has 1 aliphatic rings. The lowest BCUT2D eigenvalue weighted by Gasteiger charge is -2.19. The first-order valence-corrected chi connectivity index (χ1v) is 9.59. The normalized spacial score (nSPS) is 14.5. The van der Waals surface area contributed by atoms with Crippen molar-refractivity contribution < 1.29 is 14.3 Å². The topological polar surface area (TPSA) is 102 Å². The fraction of sp³-hybridized carbons (Fsp3) is 0.333. The third-order valence-corrected chi connectivity index (χ3v) is 4.86. The van der Waals surface area contributed by atoms with Crippen LogP contribution in [0.2, 0.25) is 0 Å². The van der Waals surface area contributed by atoms with E-state index in [4.69, 9.17) is 19.7 Å². The van der Waals surface area contributed by atoms with E-state index in [0.29, 0.717) is 24.0 Å². The smallest absolute Gasteiger partial charge is 0.274 e. The zero-order chi connectivity index (χ0) is 20.2. The molecule has 0 aliphatic carbocycles. The summed E-state index contributed by atoms with van der Waals surface area (Å²) < 4.78 is 13.1. The van der Waals surface area contributed by atoms with Crippen LogP contribution in [0.15, 0.2) is 36.7 Å². The Morgan fingerprint density at radius 3 is 2.93 bits per heavy atom. The number of nitrogens with zero attached hydrogens (tertiary/aromatic N) is 4. The highest BCUT2D eigenvalue weighted by atomic mass is 16.5. The molecule has 0 spiro atoms. The SMILES string of the molecule is CCOc1cc2nc(C3CCOCC3)cn2cc1NC(=O)c1cccc(C#N)n1. The third-order valence-electron chi connectivity index (χ3n) is 4.86. The second kappa shape index (κ2) is 8.29. The van der Waals surface area contributed by atoms with Gasteiger partial charge in [-0.15, -0.1) is 0 Å². The predicted octanol–water partition coefficient (Wildman–Crippen LogP) is 3.15. The van der Waals surface area contributed by atoms with Gasteiger partial charge >= 0.3 is 0 Å². The number of nitriles is 1. The van der Waals surface area contributed by atoms with E-state index in [9.17, 15) is 4.79 Å². The Bertz CT molecular complexity index is 1080. The number of imidazole rings is 1. The number of rotatable bonds is 5. The van der Waals surface area contributed by atoms with Crippen LogP contribution < -0.4 is 10.1 Å². The Kier molecular flexibility index (Phi) is 5.40. The van der Waals surface area contributed by atoms with Gasteiger partial charge in [-0.3, -0.25) is 4.79 Å². The molecule has 0 unspecified atom stereocenters. The van der Waals surface area contributed by atoms with Crippen LogP contribution >= 0.6 is 0 Å². The fourth-order valence-corrected chi connectivity index (χ4v) is 3.40. The van der Waals surface area contributed by atoms with E-state index < -0.39 is 5.91 Å². The van der Waals surface area contributed by atoms with Crippen molar-refractivity contribution in [2.45, 2.75) is 25.7 Å². The van der Waals surface area contributed by atoms with Gasteiger partial charge in [0.05, 0.1) is 12.3 Å². The maximum absolute atomic E-state index is 12.6. The van der Waals surface area contributed by atoms with Gasteiger partial charge in [-0.2, -0.15) is 5.26 Å². The Labute approximate surface area is 168 Å². The summed E-state index contributed by atoms with van der Waals surface area (Å²) in [6.45, 7) is 3.83. The number of ether oxygens (including phenoxy) is 2. The van der Waals surface area contributed by atoms with E-state index in [1.807, 2.05) is 29.7 Å². The van der Waals surface area contributed by atoms with Gasteiger partial charge in [0.15, 0.2) is 0 Å². The van der Waals surface area contributed by atoms with Gasteiger partial charge in [0.1, 0.15) is 34.5 Å². The molecule has 29 heavy (non-hydrogen) atoms. The minimum Gasteiger partial charge on any atom is -0.491 e. The molecule has 4 heterocycles. The molecule has 3 aromatic rings. The summed E-state index contributed by atoms with van der Waals surface area (Å²) in [6, 6.07) is 8.51. The van der Waals surface area contributed by atoms with Crippen LogP contribution in [0.5, 0.6) is 5.75 Å². The second-order valence-electron chi connectivity index (χ2n) is 6.78. The highest BCUT2D eigenvalue weighted by Crippen LogP contribution is 2.30. The van der Waals surface area contributed by atoms with Crippen LogP contribution in [0.3, 0.4) is 0 Å². The van der Waals surface area contributed by atoms with E-state index in [1.165, 1.54) is 0 Å². The molecule has 4 rings (SSSR count). The number of amides is 1. The number of nitrogens with one attached hydrogen (secondary N) is 1. The summed E-state index contributed by atoms with van der Waals surface area (Å²) in [5, 5.41) is 11.8. The van der Waals surface area contributed by atoms with Gasteiger partial charge in [0.25, 0.3) is 5.91 Å². The van der Waals surface area contributed by atoms with E-state index in [-0.39, 0.29) is 11.4 Å². The lowest BCUT2D eigenvalue weighted by Crippen LogP contribution is -2.15. The number of pyridine rings is 2. The van der Waals surface area contributed by atoms with Gasteiger partial charge in [0, 0.05) is 37.6 Å². The molecular weight excluding hydrogens is 370 g/mol. The first-order chi connectivity index (χ1) is 14.2. The van der Waals surface area contributed by atoms with Gasteiger partial charge < -0.3 is 19.2 Å². The molecule has 1 amide bonds. The first kappa shape index (κ1) is 18.9. The molecule has 0 radical (unpaired) electrons. The maximum atomic E-state index is 12.6. The van der Waals surface area contributed by atoms with Gasteiger partial charge in [-0.25, -0.2) is 9.97 Å². The molecule has 1 fully saturated rings. The largest absolute Gasteiger partial charge is 0.491 e. The number of anilines is 1. The zero-order valence-electron chi connectivity index (χ0n) is 16.1. The van der Waals surface area contributed by atoms with Crippen LogP contribution in [-0.2, 0) is 4.74 Å². The Hall–Kier alpha value is -3.44. The zero-order valence-corrected chi connectivity index (χ0v) is 16.1. The first-order valence-electron chi connectivity index (χ1n) is 9.59. The number of aromatic nitrogens is 3. The van der Waals surface area contributed by atoms with Crippen molar-refractivity contribution in [1.29, 1.82) is 5.26 Å². The minimum absolute atomic E-state index is 0.167. The summed E-state index contributed by atoms with van der Waals surface area (Å²) in [4.78, 5) is 21.4. The van der Waals surface area contributed by atoms with Crippen molar-refractivity contribution in [2.75, 3.05) is 25.1 Å². The molecule has 3 aromatic heterocycles. The van der Waals surface area contributed by atoms with E-state index in [1.54, 1.807) is 24.4 Å². The lowest BCUT2D eigenvalue weighted by molar-refractivity contribution is 0.0846. The number of hydrogen-bond donors (Lipinski definition) is 1. The number of carbonyl (C=O) groups is 1. The van der Waals surface area contributed by atoms with Crippen molar-refractivity contribution >= 4 is 17.2 Å². The van der Waals surface area contributed by atoms with Gasteiger partial charge in [-0.05, 0) is 31.9 Å². The minimum atomic E-state index is -0.410. The molecule has 8 nitrogen and oxygen atoms in total. The maximum Gasteiger partial charge on any atom is 0.274 e. The number of fused-ring (bicyclic) bond motifs is 1. The van der Waals surface area contributed by atoms with Crippen LogP contribution in [0.25, 0.3) is 5.65 Å². The highest BCUT2D eigenvalue weighted by Gasteiger charge is 2.20. The van der Waals surface area contributed by atoms with Crippen LogP contribution in [0, 0.1) is 11.3 Å². The van der Waals surface area contributed by atoms with Crippen molar-refractivity contribution in [1.82, 2.24) is 14.4 Å². The quantitative estimate of drug-likeness (QED) is 0.717. The summed E-state index contributed by atoms with van der Waals surface area (Å²) >= 11 is 0. The highest BCUT2D eigenvalue weighted by molar-refractivity contribution is 6.03. The molecule has 0 aromatic carbocycles. The summed E-state index contributed by atoms with van der Waals surface area (Å²) in [6.07, 6.45) is 5.69. The van der Waals surface area contributed by atoms with Crippen molar-refractivity contribution in [2.24, 2.45) is 0 Å². The summed E-state index contributed by atoms with van der Waals surface area (Å²) in [5.74, 6) is 0.497. The van der Waals surface area contributed by atoms with Crippen molar-refractivity contribution in [3.8, 4) is 11.8 Å². The molecule has 0 atom stereocenters. The van der Waals surface area contributed by atoms with Gasteiger partial charge in [-0.1, -0.05) is 6.07 Å². The Balaban J connectivity index is 1.65. The predicted molar refractivity (Wildman–Crippen MR) is 106 cm³/mol. The fourth-order valence-electron chi connectivity index (χ4n) is 3.40. The summed E-state index contributed by atoms with van der Waals surface area (Å²) in [5.41, 5.74) is 2.65. The molecule has 1 saturated heterocycles. The van der Waals surface area contributed by atoms with Crippen LogP contribution in [0.4, 0.5) is 5.69 Å². The second-order valence-corrected chi connectivity index (χ2v) is 6.78. The standard InChI is InChI=1S/C21H21N5O3/c1-2-29-19-10-20-24-17(14-6-8-28-9-7-14)12-26(20)13-18(19)25-21(27)16-5-3-4-15(11-22)23-16/h3-5,10,12-14H,2,6-9H2,1H3,(H,25,27). The Morgan fingerprint density at radius 1 is 1.34 bits per heavy atom. The lowest BCUT2D eigenvalue weighted by atomic mass is 9.97. The summed E-state index contributed by atoms with van der Waals surface area (Å²) in [7, 11) is 0. The molecule has 148 valence electrons. The van der Waals surface area contributed by atoms with E-state index in [0.717, 1.165) is 37.4 Å². The third kappa shape index (κ3) is 4.05. The molecular formula is C21H21N5O3. The van der Waals surface area contributed by atoms with Crippen LogP contribution in [-0.4, -0.2) is 40.1 Å². The average Bonchev–Trinajstić information content (AvgIpc) is 3.17. The Morgan fingerprint density at radius 2 is 2.17 bits per heavy atom. The number of hydrogen-bond acceptors (Lipinski definition) is 6. The molecule has 1 N–H and O–H groups in total.